The van der Waals surface area contributed by atoms with E-state index in [1.807, 2.05) is 0 Å². The van der Waals surface area contributed by atoms with E-state index in [-0.39, 0.29) is 5.76 Å². The molecule has 0 saturated carbocycles. The molecule has 3 aliphatic rings. The average Bonchev–Trinajstić information content (AvgIpc) is 3.05. The number of thioether (sulfide) groups is 1. The fourth-order valence-electron chi connectivity index (χ4n) is 4.30. The monoisotopic (exact) mass is 575 g/mol. The van der Waals surface area contributed by atoms with Gasteiger partial charge < -0.3 is 19.1 Å². The van der Waals surface area contributed by atoms with Gasteiger partial charge in [0.2, 0.25) is 0 Å². The highest BCUT2D eigenvalue weighted by Crippen LogP contribution is 2.60. The lowest BCUT2D eigenvalue weighted by molar-refractivity contribution is -0.204. The van der Waals surface area contributed by atoms with E-state index in [0.29, 0.717) is 18.6 Å². The van der Waals surface area contributed by atoms with Gasteiger partial charge in [-0.1, -0.05) is 6.08 Å². The van der Waals surface area contributed by atoms with Gasteiger partial charge in [-0.2, -0.15) is 5.09 Å². The minimum atomic E-state index is -4.43. The van der Waals surface area contributed by atoms with Gasteiger partial charge in [0.25, 0.3) is 11.4 Å². The number of hydrogen-bond acceptors (Lipinski definition) is 10. The zero-order valence-corrected chi connectivity index (χ0v) is 22.8. The maximum absolute atomic E-state index is 16.2. The van der Waals surface area contributed by atoms with Crippen molar-refractivity contribution in [3.63, 3.8) is 0 Å². The molecule has 1 aliphatic carbocycles. The lowest BCUT2D eigenvalue weighted by Gasteiger charge is -2.43. The number of rotatable bonds is 10. The van der Waals surface area contributed by atoms with Crippen LogP contribution in [0.1, 0.15) is 46.3 Å². The van der Waals surface area contributed by atoms with E-state index in [1.165, 1.54) is 18.7 Å². The van der Waals surface area contributed by atoms with Crippen molar-refractivity contribution in [2.24, 2.45) is 0 Å². The first kappa shape index (κ1) is 28.8. The van der Waals surface area contributed by atoms with E-state index < -0.39 is 66.7 Å². The van der Waals surface area contributed by atoms with E-state index in [1.54, 1.807) is 32.1 Å². The Bertz CT molecular complexity index is 1280. The number of H-pyrrole nitrogens is 1. The van der Waals surface area contributed by atoms with Crippen LogP contribution in [0.3, 0.4) is 0 Å². The lowest BCUT2D eigenvalue weighted by atomic mass is 9.93. The fourth-order valence-corrected chi connectivity index (χ4v) is 7.13. The Labute approximate surface area is 222 Å². The van der Waals surface area contributed by atoms with Crippen LogP contribution in [0.15, 0.2) is 45.8 Å². The van der Waals surface area contributed by atoms with Crippen molar-refractivity contribution < 1.29 is 37.4 Å². The Morgan fingerprint density at radius 3 is 2.71 bits per heavy atom. The van der Waals surface area contributed by atoms with Crippen molar-refractivity contribution in [1.82, 2.24) is 14.6 Å². The molecule has 0 radical (unpaired) electrons. The van der Waals surface area contributed by atoms with Crippen molar-refractivity contribution >= 4 is 25.5 Å². The van der Waals surface area contributed by atoms with Gasteiger partial charge in [0.15, 0.2) is 6.23 Å². The van der Waals surface area contributed by atoms with Gasteiger partial charge in [-0.15, -0.1) is 11.8 Å². The molecule has 1 unspecified atom stereocenters. The maximum atomic E-state index is 16.2. The van der Waals surface area contributed by atoms with Crippen LogP contribution in [0.25, 0.3) is 0 Å². The minimum Gasteiger partial charge on any atom is -0.462 e. The second-order valence-electron chi connectivity index (χ2n) is 9.51. The molecular weight excluding hydrogens is 544 g/mol. The Morgan fingerprint density at radius 2 is 2.13 bits per heavy atom. The van der Waals surface area contributed by atoms with Crippen LogP contribution in [0.2, 0.25) is 0 Å². The predicted octanol–water partition coefficient (Wildman–Crippen LogP) is 2.27. The van der Waals surface area contributed by atoms with E-state index in [4.69, 9.17) is 18.5 Å². The van der Waals surface area contributed by atoms with Crippen molar-refractivity contribution in [2.45, 2.75) is 75.1 Å². The van der Waals surface area contributed by atoms with Crippen LogP contribution in [-0.4, -0.2) is 61.8 Å². The Hall–Kier alpha value is -2.22. The normalized spacial score (nSPS) is 30.9. The Kier molecular flexibility index (Phi) is 8.41. The van der Waals surface area contributed by atoms with Crippen molar-refractivity contribution in [3.05, 3.63) is 57.1 Å². The highest BCUT2D eigenvalue weighted by Gasteiger charge is 2.68. The maximum Gasteiger partial charge on any atom is 0.459 e. The highest BCUT2D eigenvalue weighted by molar-refractivity contribution is 8.02. The van der Waals surface area contributed by atoms with Crippen LogP contribution >= 0.6 is 19.5 Å². The zero-order valence-electron chi connectivity index (χ0n) is 21.1. The topological polar surface area (TPSA) is 158 Å². The number of aromatic amines is 1. The molecule has 0 aromatic carbocycles. The first-order chi connectivity index (χ1) is 17.9. The van der Waals surface area contributed by atoms with Gasteiger partial charge >= 0.3 is 19.4 Å². The molecule has 12 nitrogen and oxygen atoms in total. The molecule has 2 fully saturated rings. The summed E-state index contributed by atoms with van der Waals surface area (Å²) in [5, 5.41) is 13.5. The third-order valence-electron chi connectivity index (χ3n) is 6.24. The van der Waals surface area contributed by atoms with Crippen LogP contribution in [-0.2, 0) is 27.9 Å². The zero-order chi connectivity index (χ0) is 27.7. The van der Waals surface area contributed by atoms with Gasteiger partial charge in [0, 0.05) is 12.3 Å². The third-order valence-corrected chi connectivity index (χ3v) is 9.44. The Morgan fingerprint density at radius 1 is 1.39 bits per heavy atom. The number of nitrogens with one attached hydrogen (secondary N) is 2. The largest absolute Gasteiger partial charge is 0.462 e. The van der Waals surface area contributed by atoms with Crippen LogP contribution < -0.4 is 16.3 Å². The minimum absolute atomic E-state index is 0.195. The molecule has 6 atom stereocenters. The van der Waals surface area contributed by atoms with E-state index in [9.17, 15) is 24.1 Å². The SMILES string of the molecule is CC(C)OC(=O)[C@H](C)NP(=O)(OC[C@@]1(F)O[C@@H](n2ccc(=O)[nH]c2=O)[C@@]2(CCS2)[C@@H]1O)OC1=CCCC=C1. The van der Waals surface area contributed by atoms with Crippen molar-refractivity contribution in [3.8, 4) is 0 Å². The number of ether oxygens (including phenoxy) is 2. The van der Waals surface area contributed by atoms with E-state index in [2.05, 4.69) is 10.1 Å². The summed E-state index contributed by atoms with van der Waals surface area (Å²) in [5.41, 5.74) is -1.48. The summed E-state index contributed by atoms with van der Waals surface area (Å²) in [6.45, 7) is 3.64. The molecule has 1 spiro atoms. The van der Waals surface area contributed by atoms with E-state index in [0.717, 1.165) is 23.3 Å². The number of aliphatic hydroxyl groups excluding tert-OH is 1. The molecule has 3 heterocycles. The first-order valence-electron chi connectivity index (χ1n) is 12.2. The van der Waals surface area contributed by atoms with E-state index >= 15 is 4.39 Å². The number of carbonyl (C=O) groups is 1. The quantitative estimate of drug-likeness (QED) is 0.278. The fraction of sp³-hybridized carbons (Fsp3) is 0.609. The standard InChI is InChI=1S/C23H31FN3O9PS/c1-14(2)34-18(29)15(3)26-37(32,36-16-7-5-4-6-8-16)33-13-23(24)19(30)22(10-12-38-22)20(35-23)27-11-9-17(28)25-21(27)31/h5,7-9,11,14-15,19-20,30H,4,6,10,12-13H2,1-3H3,(H,26,32)(H,25,28,31)/t15-,19-,20+,22+,23+,37?/m0/s1. The summed E-state index contributed by atoms with van der Waals surface area (Å²) in [6.07, 6.45) is 4.35. The van der Waals surface area contributed by atoms with Gasteiger partial charge in [-0.25, -0.2) is 13.8 Å². The summed E-state index contributed by atoms with van der Waals surface area (Å²) >= 11 is 1.21. The second kappa shape index (κ2) is 11.1. The number of halogens is 1. The van der Waals surface area contributed by atoms with Crippen molar-refractivity contribution in [2.75, 3.05) is 12.4 Å². The highest BCUT2D eigenvalue weighted by atomic mass is 32.2. The first-order valence-corrected chi connectivity index (χ1v) is 14.7. The molecule has 0 bridgehead atoms. The van der Waals surface area contributed by atoms with Gasteiger partial charge in [-0.05, 0) is 57.9 Å². The predicted molar refractivity (Wildman–Crippen MR) is 136 cm³/mol. The van der Waals surface area contributed by atoms with Crippen LogP contribution in [0.4, 0.5) is 4.39 Å². The second-order valence-corrected chi connectivity index (χ2v) is 12.7. The molecular formula is C23H31FN3O9PS. The van der Waals surface area contributed by atoms with Crippen LogP contribution in [0.5, 0.6) is 0 Å². The average molecular weight is 576 g/mol. The summed E-state index contributed by atoms with van der Waals surface area (Å²) in [7, 11) is -4.43. The lowest BCUT2D eigenvalue weighted by Crippen LogP contribution is -2.54. The summed E-state index contributed by atoms with van der Waals surface area (Å²) in [4.78, 5) is 38.4. The molecule has 1 aromatic rings. The molecule has 2 saturated heterocycles. The van der Waals surface area contributed by atoms with Gasteiger partial charge in [0.05, 0.1) is 10.9 Å². The number of esters is 1. The van der Waals surface area contributed by atoms with Crippen molar-refractivity contribution in [1.29, 1.82) is 0 Å². The summed E-state index contributed by atoms with van der Waals surface area (Å²) in [6, 6.07) is -0.0693. The number of allylic oxidation sites excluding steroid dienone is 3. The smallest absolute Gasteiger partial charge is 0.459 e. The molecule has 38 heavy (non-hydrogen) atoms. The number of carbonyl (C=O) groups excluding carboxylic acids is 1. The number of alkyl halides is 1. The number of aromatic nitrogens is 2. The Balaban J connectivity index is 1.57. The summed E-state index contributed by atoms with van der Waals surface area (Å²) in [5.74, 6) is -2.87. The van der Waals surface area contributed by atoms with Gasteiger partial charge in [-0.3, -0.25) is 23.7 Å². The molecule has 15 heteroatoms. The number of hydrogen-bond donors (Lipinski definition) is 3. The van der Waals surface area contributed by atoms with Crippen LogP contribution in [0, 0.1) is 0 Å². The molecule has 2 aliphatic heterocycles. The third kappa shape index (κ3) is 5.85. The number of aliphatic hydroxyl groups is 1. The van der Waals surface area contributed by atoms with Gasteiger partial charge in [0.1, 0.15) is 24.5 Å². The number of nitrogens with zero attached hydrogens (tertiary/aromatic N) is 1. The molecule has 210 valence electrons. The summed E-state index contributed by atoms with van der Waals surface area (Å²) < 4.78 is 51.4. The molecule has 3 N–H and O–H groups in total. The molecule has 0 amide bonds. The molecule has 1 aromatic heterocycles. The molecule has 4 rings (SSSR count).